The highest BCUT2D eigenvalue weighted by atomic mass is 32.2. The molecule has 2 heterocycles. The van der Waals surface area contributed by atoms with E-state index in [1.165, 1.54) is 0 Å². The monoisotopic (exact) mass is 456 g/mol. The van der Waals surface area contributed by atoms with E-state index in [4.69, 9.17) is 4.74 Å². The Labute approximate surface area is 186 Å². The van der Waals surface area contributed by atoms with Gasteiger partial charge in [0.15, 0.2) is 0 Å². The first-order valence-electron chi connectivity index (χ1n) is 10.3. The van der Waals surface area contributed by atoms with Crippen molar-refractivity contribution in [3.63, 3.8) is 0 Å². The van der Waals surface area contributed by atoms with Gasteiger partial charge in [-0.15, -0.1) is 0 Å². The molecule has 0 radical (unpaired) electrons. The summed E-state index contributed by atoms with van der Waals surface area (Å²) in [6, 6.07) is 12.4. The van der Waals surface area contributed by atoms with Crippen LogP contribution in [0, 0.1) is 0 Å². The average Bonchev–Trinajstić information content (AvgIpc) is 3.28. The van der Waals surface area contributed by atoms with Crippen molar-refractivity contribution >= 4 is 38.7 Å². The van der Waals surface area contributed by atoms with E-state index < -0.39 is 21.8 Å². The molecule has 9 heteroatoms. The van der Waals surface area contributed by atoms with Gasteiger partial charge in [0.2, 0.25) is 0 Å². The molecule has 0 fully saturated rings. The highest BCUT2D eigenvalue weighted by molar-refractivity contribution is 7.90. The number of carboxylic acids is 1. The number of rotatable bonds is 8. The molecule has 1 unspecified atom stereocenters. The Bertz CT molecular complexity index is 1220. The first kappa shape index (κ1) is 22.0. The fourth-order valence-electron chi connectivity index (χ4n) is 3.96. The molecule has 168 valence electrons. The van der Waals surface area contributed by atoms with Crippen LogP contribution in [0.5, 0.6) is 0 Å². The zero-order valence-corrected chi connectivity index (χ0v) is 18.4. The van der Waals surface area contributed by atoms with Crippen molar-refractivity contribution in [1.29, 1.82) is 0 Å². The lowest BCUT2D eigenvalue weighted by Crippen LogP contribution is -2.39. The minimum Gasteiger partial charge on any atom is -0.487 e. The molecule has 0 saturated carbocycles. The van der Waals surface area contributed by atoms with Gasteiger partial charge in [0.1, 0.15) is 28.2 Å². The van der Waals surface area contributed by atoms with Gasteiger partial charge in [0.05, 0.1) is 11.3 Å². The molecule has 32 heavy (non-hydrogen) atoms. The number of para-hydroxylation sites is 1. The summed E-state index contributed by atoms with van der Waals surface area (Å²) in [4.78, 5) is 23.9. The van der Waals surface area contributed by atoms with Crippen molar-refractivity contribution in [3.05, 3.63) is 64.7 Å². The zero-order valence-electron chi connectivity index (χ0n) is 17.6. The minimum absolute atomic E-state index is 0.0205. The van der Waals surface area contributed by atoms with Crippen molar-refractivity contribution in [2.75, 3.05) is 23.9 Å². The molecule has 1 amide bonds. The number of sulfone groups is 1. The lowest BCUT2D eigenvalue weighted by Gasteiger charge is -2.14. The number of carboxylic acid groups (broad SMARTS) is 1. The maximum atomic E-state index is 12.5. The standard InChI is InChI=1S/C23H24N2O6S/c1-32(29,30)11-9-19(23(27)28)24-10-8-14-6-7-16-15(12-14)13-31-21(16)20-17-4-2-3-5-18(17)25-22(20)26/h2-7,12,19,24H,8-11,13H2,1H3,(H,25,26)(H,27,28). The number of aliphatic carboxylic acids is 1. The Balaban J connectivity index is 1.46. The van der Waals surface area contributed by atoms with E-state index in [2.05, 4.69) is 10.6 Å². The van der Waals surface area contributed by atoms with Crippen LogP contribution in [0.4, 0.5) is 5.69 Å². The van der Waals surface area contributed by atoms with E-state index in [9.17, 15) is 23.1 Å². The van der Waals surface area contributed by atoms with Gasteiger partial charge in [-0.05, 0) is 31.0 Å². The van der Waals surface area contributed by atoms with Gasteiger partial charge in [0.25, 0.3) is 5.91 Å². The lowest BCUT2D eigenvalue weighted by molar-refractivity contribution is -0.139. The third kappa shape index (κ3) is 4.68. The number of anilines is 1. The topological polar surface area (TPSA) is 122 Å². The Morgan fingerprint density at radius 1 is 1.22 bits per heavy atom. The van der Waals surface area contributed by atoms with Crippen molar-refractivity contribution < 1.29 is 27.9 Å². The Morgan fingerprint density at radius 3 is 2.75 bits per heavy atom. The van der Waals surface area contributed by atoms with Gasteiger partial charge >= 0.3 is 5.97 Å². The predicted octanol–water partition coefficient (Wildman–Crippen LogP) is 2.06. The molecule has 8 nitrogen and oxygen atoms in total. The second-order valence-corrected chi connectivity index (χ2v) is 10.3. The van der Waals surface area contributed by atoms with Crippen LogP contribution in [0.25, 0.3) is 11.3 Å². The molecule has 2 aliphatic heterocycles. The SMILES string of the molecule is CS(=O)(=O)CCC(NCCc1ccc2c(c1)COC2=C1C(=O)Nc2ccccc21)C(=O)O. The van der Waals surface area contributed by atoms with Crippen LogP contribution in [0.3, 0.4) is 0 Å². The number of hydrogen-bond acceptors (Lipinski definition) is 6. The smallest absolute Gasteiger partial charge is 0.320 e. The summed E-state index contributed by atoms with van der Waals surface area (Å²) in [5.74, 6) is -0.862. The molecule has 3 N–H and O–H groups in total. The van der Waals surface area contributed by atoms with E-state index >= 15 is 0 Å². The summed E-state index contributed by atoms with van der Waals surface area (Å²) in [7, 11) is -3.22. The fraction of sp³-hybridized carbons (Fsp3) is 0.304. The van der Waals surface area contributed by atoms with Crippen molar-refractivity contribution in [2.45, 2.75) is 25.5 Å². The van der Waals surface area contributed by atoms with Crippen LogP contribution < -0.4 is 10.6 Å². The molecule has 1 atom stereocenters. The predicted molar refractivity (Wildman–Crippen MR) is 121 cm³/mol. The van der Waals surface area contributed by atoms with Gasteiger partial charge in [-0.2, -0.15) is 0 Å². The van der Waals surface area contributed by atoms with E-state index in [1.807, 2.05) is 42.5 Å². The molecule has 4 rings (SSSR count). The van der Waals surface area contributed by atoms with Gasteiger partial charge in [-0.1, -0.05) is 36.4 Å². The second-order valence-electron chi connectivity index (χ2n) is 8.00. The first-order chi connectivity index (χ1) is 15.2. The van der Waals surface area contributed by atoms with Gasteiger partial charge in [-0.3, -0.25) is 9.59 Å². The summed E-state index contributed by atoms with van der Waals surface area (Å²) >= 11 is 0. The number of benzene rings is 2. The zero-order chi connectivity index (χ0) is 22.9. The lowest BCUT2D eigenvalue weighted by atomic mass is 9.98. The number of carbonyl (C=O) groups excluding carboxylic acids is 1. The molecule has 2 aromatic carbocycles. The number of carbonyl (C=O) groups is 2. The summed E-state index contributed by atoms with van der Waals surface area (Å²) in [6.45, 7) is 0.751. The molecule has 0 spiro atoms. The number of nitrogens with one attached hydrogen (secondary N) is 2. The maximum absolute atomic E-state index is 12.5. The molecule has 2 aromatic rings. The Morgan fingerprint density at radius 2 is 2.00 bits per heavy atom. The van der Waals surface area contributed by atoms with E-state index in [1.54, 1.807) is 0 Å². The van der Waals surface area contributed by atoms with Crippen molar-refractivity contribution in [2.24, 2.45) is 0 Å². The van der Waals surface area contributed by atoms with E-state index in [0.717, 1.165) is 34.2 Å². The minimum atomic E-state index is -3.22. The molecular weight excluding hydrogens is 432 g/mol. The highest BCUT2D eigenvalue weighted by Gasteiger charge is 2.32. The fourth-order valence-corrected chi connectivity index (χ4v) is 4.62. The second kappa shape index (κ2) is 8.76. The quantitative estimate of drug-likeness (QED) is 0.520. The molecular formula is C23H24N2O6S. The average molecular weight is 457 g/mol. The van der Waals surface area contributed by atoms with Crippen LogP contribution in [0.2, 0.25) is 0 Å². The van der Waals surface area contributed by atoms with Crippen LogP contribution in [-0.2, 0) is 37.2 Å². The van der Waals surface area contributed by atoms with Crippen molar-refractivity contribution in [1.82, 2.24) is 5.32 Å². The van der Waals surface area contributed by atoms with Gasteiger partial charge in [0, 0.05) is 28.6 Å². The Hall–Kier alpha value is -3.17. The molecule has 0 aliphatic carbocycles. The van der Waals surface area contributed by atoms with Gasteiger partial charge in [-0.25, -0.2) is 8.42 Å². The molecule has 0 bridgehead atoms. The van der Waals surface area contributed by atoms with E-state index in [0.29, 0.717) is 30.9 Å². The summed E-state index contributed by atoms with van der Waals surface area (Å²) in [5, 5.41) is 15.1. The van der Waals surface area contributed by atoms with Crippen LogP contribution in [0.1, 0.15) is 28.7 Å². The van der Waals surface area contributed by atoms with Crippen molar-refractivity contribution in [3.8, 4) is 0 Å². The molecule has 2 aliphatic rings. The third-order valence-corrected chi connectivity index (χ3v) is 6.54. The van der Waals surface area contributed by atoms with Crippen LogP contribution >= 0.6 is 0 Å². The normalized spacial score (nSPS) is 18.0. The molecule has 0 saturated heterocycles. The Kier molecular flexibility index (Phi) is 6.03. The van der Waals surface area contributed by atoms with Crippen LogP contribution in [0.15, 0.2) is 42.5 Å². The number of amides is 1. The summed E-state index contributed by atoms with van der Waals surface area (Å²) in [6.07, 6.45) is 1.69. The molecule has 0 aromatic heterocycles. The number of hydrogen-bond donors (Lipinski definition) is 3. The third-order valence-electron chi connectivity index (χ3n) is 5.56. The van der Waals surface area contributed by atoms with E-state index in [-0.39, 0.29) is 18.1 Å². The number of ether oxygens (including phenoxy) is 1. The highest BCUT2D eigenvalue weighted by Crippen LogP contribution is 2.41. The van der Waals surface area contributed by atoms with Gasteiger partial charge < -0.3 is 20.5 Å². The summed E-state index contributed by atoms with van der Waals surface area (Å²) < 4.78 is 28.5. The maximum Gasteiger partial charge on any atom is 0.320 e. The number of fused-ring (bicyclic) bond motifs is 2. The first-order valence-corrected chi connectivity index (χ1v) is 12.3. The van der Waals surface area contributed by atoms with Crippen LogP contribution in [-0.4, -0.2) is 50.0 Å². The summed E-state index contributed by atoms with van der Waals surface area (Å²) in [5.41, 5.74) is 4.96. The largest absolute Gasteiger partial charge is 0.487 e.